The second-order valence-corrected chi connectivity index (χ2v) is 9.43. The van der Waals surface area contributed by atoms with E-state index in [9.17, 15) is 9.59 Å². The maximum absolute atomic E-state index is 12.8. The van der Waals surface area contributed by atoms with E-state index < -0.39 is 6.04 Å². The molecule has 0 saturated heterocycles. The molecular formula is C29H31ClN6O4. The summed E-state index contributed by atoms with van der Waals surface area (Å²) in [7, 11) is 1.71. The Labute approximate surface area is 237 Å². The van der Waals surface area contributed by atoms with Crippen LogP contribution in [0.2, 0.25) is 0 Å². The van der Waals surface area contributed by atoms with Gasteiger partial charge in [0.05, 0.1) is 12.2 Å². The number of carbonyl (C=O) groups is 2. The van der Waals surface area contributed by atoms with E-state index in [0.29, 0.717) is 48.2 Å². The van der Waals surface area contributed by atoms with Crippen molar-refractivity contribution in [3.8, 4) is 11.5 Å². The number of rotatable bonds is 7. The Hall–Kier alpha value is -4.38. The first-order valence-corrected chi connectivity index (χ1v) is 12.5. The van der Waals surface area contributed by atoms with Crippen molar-refractivity contribution >= 4 is 52.8 Å². The van der Waals surface area contributed by atoms with Crippen molar-refractivity contribution in [3.05, 3.63) is 83.3 Å². The van der Waals surface area contributed by atoms with E-state index in [4.69, 9.17) is 20.6 Å². The molecule has 0 fully saturated rings. The summed E-state index contributed by atoms with van der Waals surface area (Å²) in [5.74, 6) is 2.03. The highest BCUT2D eigenvalue weighted by atomic mass is 35.5. The van der Waals surface area contributed by atoms with Gasteiger partial charge in [0.25, 0.3) is 0 Å². The highest BCUT2D eigenvalue weighted by molar-refractivity contribution is 5.98. The minimum atomic E-state index is -0.664. The largest absolute Gasteiger partial charge is 0.459 e. The summed E-state index contributed by atoms with van der Waals surface area (Å²) in [6, 6.07) is 14.4. The predicted octanol–water partition coefficient (Wildman–Crippen LogP) is 4.17. The summed E-state index contributed by atoms with van der Waals surface area (Å²) in [5, 5.41) is 6.71. The number of hydrogen-bond donors (Lipinski definition) is 4. The molecule has 0 bridgehead atoms. The lowest BCUT2D eigenvalue weighted by atomic mass is 10.1. The van der Waals surface area contributed by atoms with Crippen molar-refractivity contribution < 1.29 is 18.7 Å². The van der Waals surface area contributed by atoms with Crippen molar-refractivity contribution in [3.63, 3.8) is 0 Å². The third-order valence-electron chi connectivity index (χ3n) is 6.58. The van der Waals surface area contributed by atoms with Gasteiger partial charge in [-0.1, -0.05) is 12.1 Å². The van der Waals surface area contributed by atoms with Crippen molar-refractivity contribution in [2.45, 2.75) is 26.1 Å². The SMILES string of the molecule is Cc1c(CN(C)C(=O)/C=C/c2cnc3c(c2)NC[C@H](N)C(=O)N3)oc2ccc(Oc3ccc(CN)cc3)cc12.Cl. The molecule has 0 unspecified atom stereocenters. The highest BCUT2D eigenvalue weighted by Crippen LogP contribution is 2.31. The second kappa shape index (κ2) is 12.2. The number of benzene rings is 2. The molecule has 0 radical (unpaired) electrons. The summed E-state index contributed by atoms with van der Waals surface area (Å²) in [4.78, 5) is 30.6. The molecule has 0 spiro atoms. The van der Waals surface area contributed by atoms with Gasteiger partial charge in [0, 0.05) is 43.4 Å². The van der Waals surface area contributed by atoms with Crippen LogP contribution in [0, 0.1) is 6.92 Å². The summed E-state index contributed by atoms with van der Waals surface area (Å²) in [6.07, 6.45) is 4.73. The molecule has 2 aromatic heterocycles. The number of carbonyl (C=O) groups excluding carboxylic acids is 2. The Morgan fingerprint density at radius 2 is 1.95 bits per heavy atom. The van der Waals surface area contributed by atoms with Crippen molar-refractivity contribution in [1.29, 1.82) is 0 Å². The molecule has 5 rings (SSSR count). The van der Waals surface area contributed by atoms with Crippen LogP contribution in [0.5, 0.6) is 11.5 Å². The Bertz CT molecular complexity index is 1570. The third-order valence-corrected chi connectivity index (χ3v) is 6.58. The monoisotopic (exact) mass is 562 g/mol. The quantitative estimate of drug-likeness (QED) is 0.245. The van der Waals surface area contributed by atoms with Crippen LogP contribution in [0.4, 0.5) is 11.5 Å². The molecule has 4 aromatic rings. The molecule has 1 atom stereocenters. The van der Waals surface area contributed by atoms with Crippen LogP contribution in [-0.2, 0) is 22.7 Å². The number of fused-ring (bicyclic) bond motifs is 2. The van der Waals surface area contributed by atoms with Gasteiger partial charge in [-0.25, -0.2) is 4.98 Å². The van der Waals surface area contributed by atoms with E-state index in [2.05, 4.69) is 15.6 Å². The first-order valence-electron chi connectivity index (χ1n) is 12.5. The second-order valence-electron chi connectivity index (χ2n) is 9.43. The number of aryl methyl sites for hydroxylation is 1. The molecule has 2 aromatic carbocycles. The smallest absolute Gasteiger partial charge is 0.246 e. The van der Waals surface area contributed by atoms with Crippen molar-refractivity contribution in [2.24, 2.45) is 11.5 Å². The molecule has 1 aliphatic heterocycles. The molecule has 3 heterocycles. The molecule has 2 amide bonds. The van der Waals surface area contributed by atoms with Gasteiger partial charge in [-0.05, 0) is 60.5 Å². The number of nitrogens with one attached hydrogen (secondary N) is 2. The molecule has 11 heteroatoms. The number of ether oxygens (including phenoxy) is 1. The number of halogens is 1. The van der Waals surface area contributed by atoms with E-state index in [-0.39, 0.29) is 24.2 Å². The van der Waals surface area contributed by atoms with Crippen LogP contribution in [-0.4, -0.2) is 41.3 Å². The maximum Gasteiger partial charge on any atom is 0.246 e. The standard InChI is InChI=1S/C29H30N6O4.ClH/c1-17-22-12-21(38-20-6-3-18(13-30)4-7-20)8-9-25(22)39-26(17)16-35(2)27(36)10-5-19-11-24-28(33-14-19)34-29(37)23(31)15-32-24;/h3-12,14,23,32H,13,15-16,30-31H2,1-2H3,(H,33,34,37);1H/b10-5+;/t23-;/m0./s1. The molecule has 10 nitrogen and oxygen atoms in total. The zero-order valence-electron chi connectivity index (χ0n) is 22.1. The minimum Gasteiger partial charge on any atom is -0.459 e. The van der Waals surface area contributed by atoms with Crippen LogP contribution in [0.3, 0.4) is 0 Å². The Balaban J connectivity index is 0.00000370. The van der Waals surface area contributed by atoms with Gasteiger partial charge in [0.1, 0.15) is 28.9 Å². The van der Waals surface area contributed by atoms with Crippen LogP contribution in [0.15, 0.2) is 65.2 Å². The van der Waals surface area contributed by atoms with Crippen LogP contribution in [0.1, 0.15) is 22.5 Å². The topological polar surface area (TPSA) is 149 Å². The van der Waals surface area contributed by atoms with Gasteiger partial charge in [-0.2, -0.15) is 0 Å². The molecular weight excluding hydrogens is 532 g/mol. The maximum atomic E-state index is 12.8. The van der Waals surface area contributed by atoms with Crippen molar-refractivity contribution in [2.75, 3.05) is 24.2 Å². The fraction of sp³-hybridized carbons (Fsp3) is 0.207. The molecule has 0 saturated carbocycles. The fourth-order valence-electron chi connectivity index (χ4n) is 4.21. The minimum absolute atomic E-state index is 0. The molecule has 1 aliphatic rings. The van der Waals surface area contributed by atoms with Gasteiger partial charge < -0.3 is 36.2 Å². The van der Waals surface area contributed by atoms with Gasteiger partial charge in [0.15, 0.2) is 5.82 Å². The number of amides is 2. The lowest BCUT2D eigenvalue weighted by Crippen LogP contribution is -2.39. The number of furan rings is 1. The van der Waals surface area contributed by atoms with E-state index in [0.717, 1.165) is 27.8 Å². The van der Waals surface area contributed by atoms with Gasteiger partial charge >= 0.3 is 0 Å². The van der Waals surface area contributed by atoms with Crippen molar-refractivity contribution in [1.82, 2.24) is 9.88 Å². The van der Waals surface area contributed by atoms with E-state index >= 15 is 0 Å². The third kappa shape index (κ3) is 6.26. The number of anilines is 2. The normalized spacial score (nSPS) is 14.6. The molecule has 6 N–H and O–H groups in total. The molecule has 208 valence electrons. The molecule has 40 heavy (non-hydrogen) atoms. The Morgan fingerprint density at radius 3 is 2.70 bits per heavy atom. The van der Waals surface area contributed by atoms with Crippen LogP contribution >= 0.6 is 12.4 Å². The van der Waals surface area contributed by atoms with E-state index in [1.165, 1.54) is 6.08 Å². The fourth-order valence-corrected chi connectivity index (χ4v) is 4.21. The van der Waals surface area contributed by atoms with Crippen LogP contribution < -0.4 is 26.8 Å². The number of nitrogens with two attached hydrogens (primary N) is 2. The van der Waals surface area contributed by atoms with Gasteiger partial charge in [0.2, 0.25) is 11.8 Å². The Morgan fingerprint density at radius 1 is 1.20 bits per heavy atom. The number of nitrogens with zero attached hydrogens (tertiary/aromatic N) is 2. The van der Waals surface area contributed by atoms with Crippen LogP contribution in [0.25, 0.3) is 17.0 Å². The predicted molar refractivity (Wildman–Crippen MR) is 157 cm³/mol. The first kappa shape index (κ1) is 28.6. The average Bonchev–Trinajstić information content (AvgIpc) is 3.17. The van der Waals surface area contributed by atoms with E-state index in [1.54, 1.807) is 30.3 Å². The zero-order chi connectivity index (χ0) is 27.5. The summed E-state index contributed by atoms with van der Waals surface area (Å²) in [5.41, 5.74) is 15.5. The first-order chi connectivity index (χ1) is 18.8. The highest BCUT2D eigenvalue weighted by Gasteiger charge is 2.20. The lowest BCUT2D eigenvalue weighted by molar-refractivity contribution is -0.125. The molecule has 0 aliphatic carbocycles. The number of aromatic nitrogens is 1. The summed E-state index contributed by atoms with van der Waals surface area (Å²) < 4.78 is 12.1. The summed E-state index contributed by atoms with van der Waals surface area (Å²) >= 11 is 0. The van der Waals surface area contributed by atoms with Gasteiger partial charge in [-0.3, -0.25) is 9.59 Å². The Kier molecular flexibility index (Phi) is 8.73. The average molecular weight is 563 g/mol. The number of pyridine rings is 1. The number of hydrogen-bond acceptors (Lipinski definition) is 8. The van der Waals surface area contributed by atoms with E-state index in [1.807, 2.05) is 49.4 Å². The lowest BCUT2D eigenvalue weighted by Gasteiger charge is -2.14. The number of likely N-dealkylation sites (N-methyl/N-ethyl adjacent to an activating group) is 1. The zero-order valence-corrected chi connectivity index (χ0v) is 23.0. The summed E-state index contributed by atoms with van der Waals surface area (Å²) in [6.45, 7) is 3.04. The van der Waals surface area contributed by atoms with Gasteiger partial charge in [-0.15, -0.1) is 12.4 Å².